The first-order valence-corrected chi connectivity index (χ1v) is 15.3. The van der Waals surface area contributed by atoms with Gasteiger partial charge in [0, 0.05) is 38.8 Å². The van der Waals surface area contributed by atoms with E-state index in [-0.39, 0.29) is 45.2 Å². The monoisotopic (exact) mass is 641 g/mol. The normalized spacial score (nSPS) is 12.4. The smallest absolute Gasteiger partial charge is 0.407 e. The highest BCUT2D eigenvalue weighted by Crippen LogP contribution is 2.34. The fourth-order valence-corrected chi connectivity index (χ4v) is 3.92. The topological polar surface area (TPSA) is 245 Å². The fourth-order valence-electron chi connectivity index (χ4n) is 3.36. The van der Waals surface area contributed by atoms with E-state index >= 15 is 0 Å². The summed E-state index contributed by atoms with van der Waals surface area (Å²) in [5, 5.41) is 12.6. The highest BCUT2D eigenvalue weighted by atomic mass is 31.2. The lowest BCUT2D eigenvalue weighted by Gasteiger charge is -2.23. The van der Waals surface area contributed by atoms with Gasteiger partial charge in [-0.3, -0.25) is 33.5 Å². The van der Waals surface area contributed by atoms with Crippen LogP contribution >= 0.6 is 7.60 Å². The maximum atomic E-state index is 12.5. The predicted molar refractivity (Wildman–Crippen MR) is 160 cm³/mol. The zero-order valence-electron chi connectivity index (χ0n) is 25.0. The second kappa shape index (κ2) is 19.0. The molecule has 0 aromatic heterocycles. The van der Waals surface area contributed by atoms with Gasteiger partial charge in [-0.25, -0.2) is 4.79 Å². The van der Waals surface area contributed by atoms with E-state index in [0.29, 0.717) is 11.3 Å². The van der Waals surface area contributed by atoms with E-state index in [1.807, 2.05) is 0 Å². The molecule has 17 nitrogen and oxygen atoms in total. The second-order valence-corrected chi connectivity index (χ2v) is 11.1. The van der Waals surface area contributed by atoms with Gasteiger partial charge in [0.05, 0.1) is 0 Å². The molecular weight excluding hydrogens is 601 g/mol. The van der Waals surface area contributed by atoms with Crippen molar-refractivity contribution in [2.75, 3.05) is 44.2 Å². The van der Waals surface area contributed by atoms with Gasteiger partial charge >= 0.3 is 13.7 Å². The van der Waals surface area contributed by atoms with Crippen molar-refractivity contribution in [3.8, 4) is 0 Å². The number of aliphatic imine (C=N–C) groups is 1. The number of benzene rings is 1. The highest BCUT2D eigenvalue weighted by Gasteiger charge is 2.24. The molecule has 1 aromatic rings. The zero-order chi connectivity index (χ0) is 33.3. The molecule has 6 amide bonds. The van der Waals surface area contributed by atoms with Crippen molar-refractivity contribution < 1.29 is 47.9 Å². The SMILES string of the molecule is C/C=N/CC(=O)NC(C)C(=O)NC(C)C(=O)Nc1ccc(COC(=O)NCCN(CCNC(C)=O)C(=O)CP(=O)(O)O)cc1. The van der Waals surface area contributed by atoms with Crippen LogP contribution in [-0.2, 0) is 39.9 Å². The Morgan fingerprint density at radius 1 is 0.955 bits per heavy atom. The summed E-state index contributed by atoms with van der Waals surface area (Å²) in [6.07, 6.45) is -0.339. The molecule has 0 spiro atoms. The molecule has 1 aromatic carbocycles. The number of hydrogen-bond acceptors (Lipinski definition) is 9. The molecule has 44 heavy (non-hydrogen) atoms. The number of carbonyl (C=O) groups excluding carboxylic acids is 6. The molecule has 1 rings (SSSR count). The van der Waals surface area contributed by atoms with Gasteiger partial charge in [-0.15, -0.1) is 0 Å². The average Bonchev–Trinajstić information content (AvgIpc) is 2.93. The van der Waals surface area contributed by atoms with E-state index in [4.69, 9.17) is 14.5 Å². The van der Waals surface area contributed by atoms with Gasteiger partial charge in [0.25, 0.3) is 0 Å². The minimum absolute atomic E-state index is 0.0183. The molecule has 18 heteroatoms. The summed E-state index contributed by atoms with van der Waals surface area (Å²) in [6.45, 7) is 5.57. The van der Waals surface area contributed by atoms with Gasteiger partial charge in [0.2, 0.25) is 29.5 Å². The third kappa shape index (κ3) is 16.3. The van der Waals surface area contributed by atoms with Crippen LogP contribution in [0.25, 0.3) is 0 Å². The zero-order valence-corrected chi connectivity index (χ0v) is 25.9. The molecule has 0 aliphatic rings. The van der Waals surface area contributed by atoms with Crippen molar-refractivity contribution in [1.82, 2.24) is 26.2 Å². The summed E-state index contributed by atoms with van der Waals surface area (Å²) >= 11 is 0. The summed E-state index contributed by atoms with van der Waals surface area (Å²) < 4.78 is 16.3. The van der Waals surface area contributed by atoms with Crippen LogP contribution in [0.3, 0.4) is 0 Å². The highest BCUT2D eigenvalue weighted by molar-refractivity contribution is 7.52. The Balaban J connectivity index is 2.50. The van der Waals surface area contributed by atoms with Crippen molar-refractivity contribution in [1.29, 1.82) is 0 Å². The summed E-state index contributed by atoms with van der Waals surface area (Å²) in [4.78, 5) is 94.9. The van der Waals surface area contributed by atoms with Crippen LogP contribution in [0.1, 0.15) is 33.3 Å². The number of nitrogens with one attached hydrogen (secondary N) is 5. The summed E-state index contributed by atoms with van der Waals surface area (Å²) in [5.41, 5.74) is 1.01. The molecule has 0 aliphatic heterocycles. The van der Waals surface area contributed by atoms with Crippen molar-refractivity contribution in [3.63, 3.8) is 0 Å². The Morgan fingerprint density at radius 3 is 2.11 bits per heavy atom. The molecule has 0 saturated heterocycles. The van der Waals surface area contributed by atoms with Crippen LogP contribution in [0.15, 0.2) is 29.3 Å². The molecule has 2 atom stereocenters. The van der Waals surface area contributed by atoms with Gasteiger partial charge in [0.15, 0.2) is 0 Å². The number of nitrogens with zero attached hydrogens (tertiary/aromatic N) is 2. The van der Waals surface area contributed by atoms with Crippen LogP contribution in [0.4, 0.5) is 10.5 Å². The molecule has 2 unspecified atom stereocenters. The number of carbonyl (C=O) groups is 6. The second-order valence-electron chi connectivity index (χ2n) is 9.49. The Morgan fingerprint density at radius 2 is 1.55 bits per heavy atom. The van der Waals surface area contributed by atoms with E-state index in [0.717, 1.165) is 4.90 Å². The van der Waals surface area contributed by atoms with Crippen LogP contribution in [-0.4, -0.2) is 107 Å². The molecule has 0 heterocycles. The number of alkyl carbamates (subject to hydrolysis) is 1. The third-order valence-corrected chi connectivity index (χ3v) is 6.31. The van der Waals surface area contributed by atoms with Crippen LogP contribution < -0.4 is 26.6 Å². The standard InChI is InChI=1S/C26H40N7O10P/c1-5-27-14-22(35)30-17(2)24(37)31-18(3)25(38)32-21-8-6-20(7-9-21)15-43-26(39)29-11-13-33(12-10-28-19(4)34)23(36)16-44(40,41)42/h5-9,17-18H,10-16H2,1-4H3,(H,28,34)(H,29,39)(H,30,35)(H,31,37)(H,32,38)(H2,40,41,42)/b27-5+. The fraction of sp³-hybridized carbons (Fsp3) is 0.500. The summed E-state index contributed by atoms with van der Waals surface area (Å²) in [6, 6.07) is 4.57. The number of amides is 6. The average molecular weight is 642 g/mol. The number of anilines is 1. The largest absolute Gasteiger partial charge is 0.445 e. The molecule has 244 valence electrons. The van der Waals surface area contributed by atoms with Gasteiger partial charge in [-0.2, -0.15) is 0 Å². The van der Waals surface area contributed by atoms with E-state index in [2.05, 4.69) is 31.6 Å². The summed E-state index contributed by atoms with van der Waals surface area (Å²) in [5.74, 6) is -2.65. The Kier molecular flexibility index (Phi) is 16.3. The van der Waals surface area contributed by atoms with E-state index in [1.54, 1.807) is 31.2 Å². The third-order valence-electron chi connectivity index (χ3n) is 5.63. The van der Waals surface area contributed by atoms with E-state index in [9.17, 15) is 33.3 Å². The van der Waals surface area contributed by atoms with Crippen LogP contribution in [0.2, 0.25) is 0 Å². The molecule has 0 bridgehead atoms. The lowest BCUT2D eigenvalue weighted by atomic mass is 10.2. The lowest BCUT2D eigenvalue weighted by Crippen LogP contribution is -2.50. The Labute approximate surface area is 254 Å². The minimum Gasteiger partial charge on any atom is -0.445 e. The van der Waals surface area contributed by atoms with Crippen molar-refractivity contribution in [2.45, 2.75) is 46.4 Å². The molecule has 0 radical (unpaired) electrons. The van der Waals surface area contributed by atoms with Crippen molar-refractivity contribution >= 4 is 55.1 Å². The maximum Gasteiger partial charge on any atom is 0.407 e. The first-order chi connectivity index (χ1) is 20.6. The molecule has 7 N–H and O–H groups in total. The van der Waals surface area contributed by atoms with Gasteiger partial charge in [-0.1, -0.05) is 12.1 Å². The number of rotatable bonds is 17. The first-order valence-electron chi connectivity index (χ1n) is 13.5. The predicted octanol–water partition coefficient (Wildman–Crippen LogP) is -0.906. The summed E-state index contributed by atoms with van der Waals surface area (Å²) in [7, 11) is -4.60. The van der Waals surface area contributed by atoms with Crippen molar-refractivity contribution in [2.24, 2.45) is 4.99 Å². The van der Waals surface area contributed by atoms with Crippen molar-refractivity contribution in [3.05, 3.63) is 29.8 Å². The molecular formula is C26H40N7O10P. The number of ether oxygens (including phenoxy) is 1. The van der Waals surface area contributed by atoms with Crippen LogP contribution in [0, 0.1) is 0 Å². The quantitative estimate of drug-likeness (QED) is 0.0816. The Hall–Kier alpha value is -4.34. The van der Waals surface area contributed by atoms with Crippen LogP contribution in [0.5, 0.6) is 0 Å². The molecule has 0 aliphatic carbocycles. The maximum absolute atomic E-state index is 12.5. The minimum atomic E-state index is -4.60. The van der Waals surface area contributed by atoms with E-state index < -0.39 is 55.6 Å². The Bertz CT molecular complexity index is 1240. The number of hydrogen-bond donors (Lipinski definition) is 7. The van der Waals surface area contributed by atoms with E-state index in [1.165, 1.54) is 27.0 Å². The van der Waals surface area contributed by atoms with Gasteiger partial charge in [-0.05, 0) is 44.7 Å². The molecule has 0 saturated carbocycles. The first kappa shape index (κ1) is 37.7. The van der Waals surface area contributed by atoms with Gasteiger partial charge in [0.1, 0.15) is 31.4 Å². The molecule has 0 fully saturated rings. The van der Waals surface area contributed by atoms with Gasteiger partial charge < -0.3 is 46.0 Å². The lowest BCUT2D eigenvalue weighted by molar-refractivity contribution is -0.130.